The van der Waals surface area contributed by atoms with E-state index in [1.807, 2.05) is 13.8 Å². The molecular weight excluding hydrogens is 544 g/mol. The average molecular weight is 586 g/mol. The number of amides is 2. The zero-order chi connectivity index (χ0) is 26.5. The molecule has 7 nitrogen and oxygen atoms in total. The van der Waals surface area contributed by atoms with Gasteiger partial charge in [-0.2, -0.15) is 0 Å². The smallest absolute Gasteiger partial charge is 0.310 e. The van der Waals surface area contributed by atoms with Gasteiger partial charge in [-0.3, -0.25) is 14.4 Å². The van der Waals surface area contributed by atoms with Crippen molar-refractivity contribution < 1.29 is 24.2 Å². The molecule has 1 spiro atoms. The number of carbonyl (C=O) groups excluding carboxylic acids is 3. The van der Waals surface area contributed by atoms with Crippen molar-refractivity contribution in [2.45, 2.75) is 85.7 Å². The molecule has 0 aliphatic carbocycles. The summed E-state index contributed by atoms with van der Waals surface area (Å²) in [5, 5.41) is 9.00. The number of rotatable bonds is 15. The van der Waals surface area contributed by atoms with Gasteiger partial charge in [0.2, 0.25) is 11.8 Å². The summed E-state index contributed by atoms with van der Waals surface area (Å²) >= 11 is 5.43. The van der Waals surface area contributed by atoms with Crippen molar-refractivity contribution >= 4 is 45.5 Å². The lowest BCUT2D eigenvalue weighted by molar-refractivity contribution is -0.154. The molecule has 3 fully saturated rings. The number of carbonyl (C=O) groups is 3. The molecule has 0 aromatic heterocycles. The molecule has 3 aliphatic rings. The minimum Gasteiger partial charge on any atom is -0.465 e. The summed E-state index contributed by atoms with van der Waals surface area (Å²) < 4.78 is 4.98. The first-order valence-corrected chi connectivity index (χ1v) is 15.0. The van der Waals surface area contributed by atoms with Crippen molar-refractivity contribution in [1.29, 1.82) is 0 Å². The van der Waals surface area contributed by atoms with Crippen LogP contribution in [0, 0.1) is 11.8 Å². The highest BCUT2D eigenvalue weighted by Gasteiger charge is 2.76. The number of fused-ring (bicyclic) bond motifs is 1. The number of aliphatic hydroxyl groups excluding tert-OH is 1. The number of hydrogen-bond donors (Lipinski definition) is 1. The molecule has 3 unspecified atom stereocenters. The van der Waals surface area contributed by atoms with E-state index in [1.54, 1.807) is 33.7 Å². The highest BCUT2D eigenvalue weighted by Crippen LogP contribution is 2.68. The van der Waals surface area contributed by atoms with Gasteiger partial charge in [0, 0.05) is 35.8 Å². The Labute approximate surface area is 228 Å². The third-order valence-corrected chi connectivity index (χ3v) is 10.9. The first kappa shape index (κ1) is 29.2. The van der Waals surface area contributed by atoms with Crippen molar-refractivity contribution in [1.82, 2.24) is 9.80 Å². The zero-order valence-corrected chi connectivity index (χ0v) is 24.0. The number of ether oxygens (including phenoxy) is 1. The molecule has 0 saturated carbocycles. The monoisotopic (exact) mass is 584 g/mol. The van der Waals surface area contributed by atoms with Gasteiger partial charge in [-0.25, -0.2) is 0 Å². The van der Waals surface area contributed by atoms with Crippen LogP contribution >= 0.6 is 27.7 Å². The number of thioether (sulfide) groups is 1. The topological polar surface area (TPSA) is 87.1 Å². The van der Waals surface area contributed by atoms with E-state index >= 15 is 0 Å². The van der Waals surface area contributed by atoms with Gasteiger partial charge in [0.25, 0.3) is 0 Å². The molecule has 3 heterocycles. The van der Waals surface area contributed by atoms with Crippen LogP contribution in [-0.4, -0.2) is 85.9 Å². The van der Waals surface area contributed by atoms with Crippen molar-refractivity contribution in [2.75, 3.05) is 26.3 Å². The van der Waals surface area contributed by atoms with Crippen molar-refractivity contribution in [2.24, 2.45) is 11.8 Å². The fourth-order valence-electron chi connectivity index (χ4n) is 6.01. The van der Waals surface area contributed by atoms with Crippen molar-refractivity contribution in [3.8, 4) is 0 Å². The maximum atomic E-state index is 14.1. The third kappa shape index (κ3) is 5.58. The standard InChI is InChI=1S/C27H41BrN2O5S/c1-5-7-12-16-35-26(34)20-21-24(32)30(14-10-8-9-11-15-31)23(25(33)29(13-6-2)18(3)4)27(21)17-19(28)22(20)36-27/h5-6,18-23,31H,1-2,7-17H2,3-4H3/t19?,20-,21-,22-,23?,27?/m0/s1. The van der Waals surface area contributed by atoms with E-state index in [2.05, 4.69) is 29.1 Å². The third-order valence-electron chi connectivity index (χ3n) is 7.63. The quantitative estimate of drug-likeness (QED) is 0.136. The maximum absolute atomic E-state index is 14.1. The number of nitrogens with zero attached hydrogens (tertiary/aromatic N) is 2. The van der Waals surface area contributed by atoms with Crippen molar-refractivity contribution in [3.63, 3.8) is 0 Å². The van der Waals surface area contributed by atoms with Gasteiger partial charge in [0.05, 0.1) is 23.2 Å². The Morgan fingerprint density at radius 3 is 2.61 bits per heavy atom. The first-order valence-electron chi connectivity index (χ1n) is 13.2. The number of allylic oxidation sites excluding steroid dienone is 1. The van der Waals surface area contributed by atoms with Gasteiger partial charge in [0.15, 0.2) is 0 Å². The van der Waals surface area contributed by atoms with Crippen LogP contribution in [0.2, 0.25) is 0 Å². The molecule has 1 N–H and O–H groups in total. The minimum absolute atomic E-state index is 0.0315. The molecule has 2 amide bonds. The molecule has 3 aliphatic heterocycles. The molecule has 2 bridgehead atoms. The van der Waals surface area contributed by atoms with Gasteiger partial charge in [0.1, 0.15) is 6.04 Å². The van der Waals surface area contributed by atoms with Crippen LogP contribution in [0.1, 0.15) is 58.8 Å². The second kappa shape index (κ2) is 13.0. The zero-order valence-electron chi connectivity index (χ0n) is 21.6. The van der Waals surface area contributed by atoms with E-state index in [1.165, 1.54) is 0 Å². The molecule has 36 heavy (non-hydrogen) atoms. The van der Waals surface area contributed by atoms with Crippen LogP contribution < -0.4 is 0 Å². The number of alkyl halides is 1. The molecule has 3 rings (SSSR count). The Morgan fingerprint density at radius 1 is 1.25 bits per heavy atom. The van der Waals surface area contributed by atoms with E-state index in [0.29, 0.717) is 32.5 Å². The van der Waals surface area contributed by atoms with Crippen LogP contribution in [0.3, 0.4) is 0 Å². The van der Waals surface area contributed by atoms with Gasteiger partial charge in [-0.05, 0) is 46.0 Å². The predicted octanol–water partition coefficient (Wildman–Crippen LogP) is 3.94. The lowest BCUT2D eigenvalue weighted by Gasteiger charge is -2.39. The lowest BCUT2D eigenvalue weighted by atomic mass is 9.71. The van der Waals surface area contributed by atoms with Crippen LogP contribution in [0.15, 0.2) is 25.3 Å². The maximum Gasteiger partial charge on any atom is 0.310 e. The highest BCUT2D eigenvalue weighted by molar-refractivity contribution is 9.09. The number of esters is 1. The summed E-state index contributed by atoms with van der Waals surface area (Å²) in [5.74, 6) is -1.61. The summed E-state index contributed by atoms with van der Waals surface area (Å²) in [4.78, 5) is 45.0. The number of hydrogen-bond acceptors (Lipinski definition) is 6. The molecule has 202 valence electrons. The fraction of sp³-hybridized carbons (Fsp3) is 0.741. The second-order valence-corrected chi connectivity index (χ2v) is 13.0. The van der Waals surface area contributed by atoms with E-state index in [-0.39, 0.29) is 40.5 Å². The molecule has 9 heteroatoms. The second-order valence-electron chi connectivity index (χ2n) is 10.3. The molecule has 0 radical (unpaired) electrons. The SMILES string of the molecule is C=CCCCOC(=O)[C@H]1[C@H]2C(=O)N(CCCCCCO)C(C(=O)N(CC=C)C(C)C)C23CC(Br)[C@@H]1S3. The fourth-order valence-corrected chi connectivity index (χ4v) is 9.61. The van der Waals surface area contributed by atoms with Crippen molar-refractivity contribution in [3.05, 3.63) is 25.3 Å². The Balaban J connectivity index is 1.92. The normalized spacial score (nSPS) is 30.5. The molecule has 0 aromatic rings. The lowest BCUT2D eigenvalue weighted by Crippen LogP contribution is -2.56. The van der Waals surface area contributed by atoms with Gasteiger partial charge < -0.3 is 19.6 Å². The van der Waals surface area contributed by atoms with Gasteiger partial charge in [-0.1, -0.05) is 40.9 Å². The summed E-state index contributed by atoms with van der Waals surface area (Å²) in [7, 11) is 0. The summed E-state index contributed by atoms with van der Waals surface area (Å²) in [6.45, 7) is 12.8. The number of aliphatic hydroxyl groups is 1. The van der Waals surface area contributed by atoms with E-state index < -0.39 is 22.6 Å². The average Bonchev–Trinajstić information content (AvgIpc) is 3.43. The van der Waals surface area contributed by atoms with E-state index in [4.69, 9.17) is 9.84 Å². The number of likely N-dealkylation sites (tertiary alicyclic amines) is 1. The van der Waals surface area contributed by atoms with Gasteiger partial charge >= 0.3 is 5.97 Å². The predicted molar refractivity (Wildman–Crippen MR) is 147 cm³/mol. The first-order chi connectivity index (χ1) is 17.2. The Hall–Kier alpha value is -1.32. The van der Waals surface area contributed by atoms with Crippen LogP contribution in [0.5, 0.6) is 0 Å². The molecule has 0 aromatic carbocycles. The van der Waals surface area contributed by atoms with Crippen LogP contribution in [0.25, 0.3) is 0 Å². The van der Waals surface area contributed by atoms with E-state index in [9.17, 15) is 14.4 Å². The Kier molecular flexibility index (Phi) is 10.5. The molecule has 3 saturated heterocycles. The Bertz CT molecular complexity index is 839. The molecular formula is C27H41BrN2O5S. The number of halogens is 1. The summed E-state index contributed by atoms with van der Waals surface area (Å²) in [6.07, 6.45) is 8.87. The van der Waals surface area contributed by atoms with Crippen LogP contribution in [0.4, 0.5) is 0 Å². The Morgan fingerprint density at radius 2 is 1.97 bits per heavy atom. The molecule has 6 atom stereocenters. The minimum atomic E-state index is -0.656. The summed E-state index contributed by atoms with van der Waals surface area (Å²) in [6, 6.07) is -0.662. The largest absolute Gasteiger partial charge is 0.465 e. The number of unbranched alkanes of at least 4 members (excludes halogenated alkanes) is 4. The van der Waals surface area contributed by atoms with E-state index in [0.717, 1.165) is 32.1 Å². The van der Waals surface area contributed by atoms with Gasteiger partial charge in [-0.15, -0.1) is 24.9 Å². The van der Waals surface area contributed by atoms with Crippen LogP contribution in [-0.2, 0) is 19.1 Å². The highest BCUT2D eigenvalue weighted by atomic mass is 79.9. The summed E-state index contributed by atoms with van der Waals surface area (Å²) in [5.41, 5.74) is 0.